The van der Waals surface area contributed by atoms with Crippen LogP contribution in [0, 0.1) is 0 Å². The van der Waals surface area contributed by atoms with Crippen LogP contribution in [0.2, 0.25) is 0 Å². The largest absolute Gasteiger partial charge is 0.497 e. The average molecular weight is 241 g/mol. The SMILES string of the molecule is COc1ccc(CNc2ccccc2C=O)cc1. The Kier molecular flexibility index (Phi) is 3.97. The number of hydrogen-bond acceptors (Lipinski definition) is 3. The molecule has 0 bridgehead atoms. The van der Waals surface area contributed by atoms with Crippen LogP contribution in [0.25, 0.3) is 0 Å². The molecule has 0 radical (unpaired) electrons. The molecule has 0 aliphatic heterocycles. The zero-order valence-electron chi connectivity index (χ0n) is 10.2. The molecule has 0 fully saturated rings. The number of para-hydroxylation sites is 1. The van der Waals surface area contributed by atoms with Gasteiger partial charge in [-0.2, -0.15) is 0 Å². The Morgan fingerprint density at radius 2 is 1.83 bits per heavy atom. The van der Waals surface area contributed by atoms with Crippen LogP contribution in [0.3, 0.4) is 0 Å². The van der Waals surface area contributed by atoms with Gasteiger partial charge in [0.2, 0.25) is 0 Å². The highest BCUT2D eigenvalue weighted by molar-refractivity contribution is 5.83. The van der Waals surface area contributed by atoms with E-state index in [0.29, 0.717) is 12.1 Å². The molecule has 0 saturated carbocycles. The van der Waals surface area contributed by atoms with E-state index in [1.807, 2.05) is 42.5 Å². The fourth-order valence-electron chi connectivity index (χ4n) is 1.70. The molecule has 0 spiro atoms. The molecule has 0 aliphatic carbocycles. The van der Waals surface area contributed by atoms with Crippen LogP contribution < -0.4 is 10.1 Å². The standard InChI is InChI=1S/C15H15NO2/c1-18-14-8-6-12(7-9-14)10-16-15-5-3-2-4-13(15)11-17/h2-9,11,16H,10H2,1H3. The lowest BCUT2D eigenvalue weighted by atomic mass is 10.1. The number of benzene rings is 2. The van der Waals surface area contributed by atoms with Crippen LogP contribution in [0.5, 0.6) is 5.75 Å². The molecule has 18 heavy (non-hydrogen) atoms. The highest BCUT2D eigenvalue weighted by atomic mass is 16.5. The van der Waals surface area contributed by atoms with E-state index in [-0.39, 0.29) is 0 Å². The fraction of sp³-hybridized carbons (Fsp3) is 0.133. The van der Waals surface area contributed by atoms with Gasteiger partial charge in [-0.3, -0.25) is 4.79 Å². The molecule has 3 nitrogen and oxygen atoms in total. The molecular weight excluding hydrogens is 226 g/mol. The summed E-state index contributed by atoms with van der Waals surface area (Å²) in [5.74, 6) is 0.840. The van der Waals surface area contributed by atoms with Gasteiger partial charge in [0.05, 0.1) is 7.11 Å². The molecular formula is C15H15NO2. The first-order chi connectivity index (χ1) is 8.83. The summed E-state index contributed by atoms with van der Waals surface area (Å²) in [6.45, 7) is 0.675. The first-order valence-electron chi connectivity index (χ1n) is 5.74. The Morgan fingerprint density at radius 3 is 2.50 bits per heavy atom. The van der Waals surface area contributed by atoms with Crippen LogP contribution in [-0.2, 0) is 6.54 Å². The second-order valence-electron chi connectivity index (χ2n) is 3.91. The van der Waals surface area contributed by atoms with Gasteiger partial charge in [-0.05, 0) is 29.8 Å². The molecule has 0 atom stereocenters. The maximum Gasteiger partial charge on any atom is 0.152 e. The van der Waals surface area contributed by atoms with Gasteiger partial charge in [0.15, 0.2) is 6.29 Å². The lowest BCUT2D eigenvalue weighted by Crippen LogP contribution is -2.01. The molecule has 2 rings (SSSR count). The average Bonchev–Trinajstić information content (AvgIpc) is 2.46. The molecule has 92 valence electrons. The molecule has 2 aromatic rings. The number of anilines is 1. The topological polar surface area (TPSA) is 38.3 Å². The van der Waals surface area contributed by atoms with Crippen molar-refractivity contribution in [1.29, 1.82) is 0 Å². The van der Waals surface area contributed by atoms with E-state index in [9.17, 15) is 4.79 Å². The van der Waals surface area contributed by atoms with Crippen LogP contribution >= 0.6 is 0 Å². The van der Waals surface area contributed by atoms with Crippen molar-refractivity contribution in [3.05, 3.63) is 59.7 Å². The van der Waals surface area contributed by atoms with Crippen molar-refractivity contribution >= 4 is 12.0 Å². The van der Waals surface area contributed by atoms with Crippen molar-refractivity contribution in [1.82, 2.24) is 0 Å². The molecule has 0 saturated heterocycles. The van der Waals surface area contributed by atoms with Crippen molar-refractivity contribution in [2.75, 3.05) is 12.4 Å². The van der Waals surface area contributed by atoms with E-state index in [1.165, 1.54) is 0 Å². The third kappa shape index (κ3) is 2.88. The second-order valence-corrected chi connectivity index (χ2v) is 3.91. The van der Waals surface area contributed by atoms with E-state index in [2.05, 4.69) is 5.32 Å². The smallest absolute Gasteiger partial charge is 0.152 e. The number of ether oxygens (including phenoxy) is 1. The summed E-state index contributed by atoms with van der Waals surface area (Å²) in [5.41, 5.74) is 2.66. The van der Waals surface area contributed by atoms with E-state index in [1.54, 1.807) is 13.2 Å². The van der Waals surface area contributed by atoms with E-state index >= 15 is 0 Å². The normalized spacial score (nSPS) is 9.83. The Morgan fingerprint density at radius 1 is 1.11 bits per heavy atom. The van der Waals surface area contributed by atoms with Crippen LogP contribution in [0.1, 0.15) is 15.9 Å². The molecule has 0 aromatic heterocycles. The summed E-state index contributed by atoms with van der Waals surface area (Å²) in [5, 5.41) is 3.25. The summed E-state index contributed by atoms with van der Waals surface area (Å²) < 4.78 is 5.10. The Labute approximate surface area is 106 Å². The van der Waals surface area contributed by atoms with Gasteiger partial charge in [-0.1, -0.05) is 24.3 Å². The van der Waals surface area contributed by atoms with Crippen LogP contribution in [0.4, 0.5) is 5.69 Å². The predicted molar refractivity (Wildman–Crippen MR) is 72.2 cm³/mol. The zero-order chi connectivity index (χ0) is 12.8. The van der Waals surface area contributed by atoms with Crippen molar-refractivity contribution in [2.24, 2.45) is 0 Å². The zero-order valence-corrected chi connectivity index (χ0v) is 10.2. The minimum Gasteiger partial charge on any atom is -0.497 e. The number of nitrogens with one attached hydrogen (secondary N) is 1. The maximum absolute atomic E-state index is 10.9. The lowest BCUT2D eigenvalue weighted by Gasteiger charge is -2.09. The van der Waals surface area contributed by atoms with Gasteiger partial charge >= 0.3 is 0 Å². The lowest BCUT2D eigenvalue weighted by molar-refractivity contribution is 0.112. The van der Waals surface area contributed by atoms with Gasteiger partial charge in [0.1, 0.15) is 5.75 Å². The van der Waals surface area contributed by atoms with Crippen LogP contribution in [-0.4, -0.2) is 13.4 Å². The number of carbonyl (C=O) groups is 1. The Bertz CT molecular complexity index is 520. The molecule has 0 unspecified atom stereocenters. The van der Waals surface area contributed by atoms with Crippen molar-refractivity contribution in [2.45, 2.75) is 6.54 Å². The van der Waals surface area contributed by atoms with Gasteiger partial charge in [-0.25, -0.2) is 0 Å². The number of aldehydes is 1. The minimum absolute atomic E-state index is 0.672. The number of hydrogen-bond donors (Lipinski definition) is 1. The Hall–Kier alpha value is -2.29. The van der Waals surface area contributed by atoms with Crippen molar-refractivity contribution in [3.8, 4) is 5.75 Å². The molecule has 0 aliphatic rings. The third-order valence-corrected chi connectivity index (χ3v) is 2.73. The maximum atomic E-state index is 10.9. The highest BCUT2D eigenvalue weighted by Gasteiger charge is 2.00. The van der Waals surface area contributed by atoms with Gasteiger partial charge < -0.3 is 10.1 Å². The number of carbonyl (C=O) groups excluding carboxylic acids is 1. The third-order valence-electron chi connectivity index (χ3n) is 2.73. The highest BCUT2D eigenvalue weighted by Crippen LogP contribution is 2.16. The summed E-state index contributed by atoms with van der Waals surface area (Å²) in [6.07, 6.45) is 0.857. The first-order valence-corrected chi connectivity index (χ1v) is 5.74. The number of methoxy groups -OCH3 is 1. The second kappa shape index (κ2) is 5.87. The molecule has 1 N–H and O–H groups in total. The van der Waals surface area contributed by atoms with Crippen LogP contribution in [0.15, 0.2) is 48.5 Å². The van der Waals surface area contributed by atoms with Crippen molar-refractivity contribution < 1.29 is 9.53 Å². The van der Waals surface area contributed by atoms with Gasteiger partial charge in [0.25, 0.3) is 0 Å². The quantitative estimate of drug-likeness (QED) is 0.817. The monoisotopic (exact) mass is 241 g/mol. The molecule has 3 heteroatoms. The molecule has 0 heterocycles. The molecule has 0 amide bonds. The Balaban J connectivity index is 2.04. The minimum atomic E-state index is 0.672. The summed E-state index contributed by atoms with van der Waals surface area (Å²) in [6, 6.07) is 15.3. The molecule has 2 aromatic carbocycles. The fourth-order valence-corrected chi connectivity index (χ4v) is 1.70. The summed E-state index contributed by atoms with van der Waals surface area (Å²) in [4.78, 5) is 10.9. The number of rotatable bonds is 5. The van der Waals surface area contributed by atoms with Gasteiger partial charge in [-0.15, -0.1) is 0 Å². The van der Waals surface area contributed by atoms with Crippen molar-refractivity contribution in [3.63, 3.8) is 0 Å². The van der Waals surface area contributed by atoms with E-state index < -0.39 is 0 Å². The van der Waals surface area contributed by atoms with E-state index in [0.717, 1.165) is 23.3 Å². The first kappa shape index (κ1) is 12.2. The summed E-state index contributed by atoms with van der Waals surface area (Å²) >= 11 is 0. The van der Waals surface area contributed by atoms with E-state index in [4.69, 9.17) is 4.74 Å². The predicted octanol–water partition coefficient (Wildman–Crippen LogP) is 3.12. The summed E-state index contributed by atoms with van der Waals surface area (Å²) in [7, 11) is 1.65. The van der Waals surface area contributed by atoms with Gasteiger partial charge in [0, 0.05) is 17.8 Å².